The van der Waals surface area contributed by atoms with Gasteiger partial charge in [0, 0.05) is 0 Å². The van der Waals surface area contributed by atoms with Crippen LogP contribution in [0.1, 0.15) is 187 Å². The van der Waals surface area contributed by atoms with Gasteiger partial charge in [0.15, 0.2) is 0 Å². The minimum absolute atomic E-state index is 0.210. The van der Waals surface area contributed by atoms with Crippen LogP contribution in [0.5, 0.6) is 23.0 Å². The number of aryl methyl sites for hydroxylation is 2. The molecule has 0 saturated carbocycles. The Morgan fingerprint density at radius 2 is 0.683 bits per heavy atom. The van der Waals surface area contributed by atoms with Crippen LogP contribution in [0, 0.1) is 5.92 Å². The van der Waals surface area contributed by atoms with E-state index in [0.717, 1.165) is 25.7 Å². The van der Waals surface area contributed by atoms with Crippen LogP contribution in [-0.2, 0) is 22.4 Å². The summed E-state index contributed by atoms with van der Waals surface area (Å²) in [5.41, 5.74) is 3.34. The Bertz CT molecular complexity index is 1900. The zero-order chi connectivity index (χ0) is 44.9. The van der Waals surface area contributed by atoms with E-state index in [2.05, 4.69) is 13.8 Å². The zero-order valence-corrected chi connectivity index (χ0v) is 38.3. The summed E-state index contributed by atoms with van der Waals surface area (Å²) in [5, 5.41) is 0. The highest BCUT2D eigenvalue weighted by Gasteiger charge is 2.21. The third-order valence-corrected chi connectivity index (χ3v) is 11.4. The van der Waals surface area contributed by atoms with Crippen molar-refractivity contribution in [1.29, 1.82) is 0 Å². The lowest BCUT2D eigenvalue weighted by Crippen LogP contribution is -2.23. The van der Waals surface area contributed by atoms with Crippen LogP contribution in [0.4, 0.5) is 0 Å². The van der Waals surface area contributed by atoms with E-state index in [1.54, 1.807) is 55.5 Å². The van der Waals surface area contributed by atoms with Gasteiger partial charge in [-0.05, 0) is 110 Å². The minimum Gasteiger partial charge on any atom is -0.427 e. The molecular weight excluding hydrogens is 789 g/mol. The van der Waals surface area contributed by atoms with Gasteiger partial charge >= 0.3 is 23.9 Å². The largest absolute Gasteiger partial charge is 0.427 e. The van der Waals surface area contributed by atoms with E-state index in [-0.39, 0.29) is 17.9 Å². The van der Waals surface area contributed by atoms with Gasteiger partial charge in [0.2, 0.25) is 0 Å². The summed E-state index contributed by atoms with van der Waals surface area (Å²) in [7, 11) is 0. The summed E-state index contributed by atoms with van der Waals surface area (Å²) < 4.78 is 22.0. The third kappa shape index (κ3) is 20.7. The van der Waals surface area contributed by atoms with Crippen molar-refractivity contribution in [3.63, 3.8) is 0 Å². The van der Waals surface area contributed by atoms with Crippen LogP contribution in [0.15, 0.2) is 97.1 Å². The molecule has 0 aliphatic heterocycles. The van der Waals surface area contributed by atoms with E-state index in [4.69, 9.17) is 18.9 Å². The zero-order valence-electron chi connectivity index (χ0n) is 38.3. The fourth-order valence-electron chi connectivity index (χ4n) is 7.45. The highest BCUT2D eigenvalue weighted by Crippen LogP contribution is 2.23. The quantitative estimate of drug-likeness (QED) is 0.0280. The average molecular weight is 861 g/mol. The first kappa shape index (κ1) is 50.4. The van der Waals surface area contributed by atoms with Crippen molar-refractivity contribution in [3.05, 3.63) is 119 Å². The Balaban J connectivity index is 1.09. The van der Waals surface area contributed by atoms with Crippen LogP contribution in [0.3, 0.4) is 0 Å². The maximum absolute atomic E-state index is 12.8. The number of esters is 4. The van der Waals surface area contributed by atoms with E-state index in [1.807, 2.05) is 24.3 Å². The first-order valence-corrected chi connectivity index (χ1v) is 24.0. The van der Waals surface area contributed by atoms with Crippen LogP contribution in [-0.4, -0.2) is 23.9 Å². The summed E-state index contributed by atoms with van der Waals surface area (Å²) in [6, 6.07) is 27.4. The van der Waals surface area contributed by atoms with Crippen molar-refractivity contribution in [3.8, 4) is 23.0 Å². The van der Waals surface area contributed by atoms with Gasteiger partial charge in [0.05, 0.1) is 23.5 Å². The number of hydrogen-bond acceptors (Lipinski definition) is 8. The van der Waals surface area contributed by atoms with E-state index >= 15 is 0 Å². The molecule has 1 unspecified atom stereocenters. The van der Waals surface area contributed by atoms with Gasteiger partial charge in [-0.1, -0.05) is 161 Å². The maximum atomic E-state index is 12.8. The third-order valence-electron chi connectivity index (χ3n) is 11.4. The summed E-state index contributed by atoms with van der Waals surface area (Å²) in [6.45, 7) is 6.08. The predicted octanol–water partition coefficient (Wildman–Crippen LogP) is 14.6. The molecule has 63 heavy (non-hydrogen) atoms. The molecule has 340 valence electrons. The predicted molar refractivity (Wildman–Crippen MR) is 252 cm³/mol. The highest BCUT2D eigenvalue weighted by atomic mass is 16.6. The van der Waals surface area contributed by atoms with Crippen LogP contribution >= 0.6 is 0 Å². The number of hydrogen-bond donors (Lipinski definition) is 0. The Kier molecular flexibility index (Phi) is 24.0. The van der Waals surface area contributed by atoms with Gasteiger partial charge in [-0.2, -0.15) is 0 Å². The lowest BCUT2D eigenvalue weighted by Gasteiger charge is -2.12. The Morgan fingerprint density at radius 3 is 1.03 bits per heavy atom. The van der Waals surface area contributed by atoms with Crippen LogP contribution in [0.2, 0.25) is 0 Å². The molecule has 0 bridgehead atoms. The van der Waals surface area contributed by atoms with Crippen molar-refractivity contribution in [1.82, 2.24) is 0 Å². The van der Waals surface area contributed by atoms with Gasteiger partial charge in [-0.3, -0.25) is 9.59 Å². The molecule has 0 aliphatic carbocycles. The van der Waals surface area contributed by atoms with E-state index in [1.165, 1.54) is 151 Å². The molecule has 0 N–H and O–H groups in total. The van der Waals surface area contributed by atoms with E-state index in [9.17, 15) is 19.2 Å². The molecule has 4 rings (SSSR count). The van der Waals surface area contributed by atoms with Crippen molar-refractivity contribution in [2.24, 2.45) is 5.92 Å². The molecule has 0 spiro atoms. The topological polar surface area (TPSA) is 105 Å². The molecule has 0 aromatic heterocycles. The fourth-order valence-corrected chi connectivity index (χ4v) is 7.45. The molecular formula is C55H72O8. The molecule has 0 aliphatic rings. The molecule has 0 amide bonds. The average Bonchev–Trinajstić information content (AvgIpc) is 3.29. The van der Waals surface area contributed by atoms with E-state index in [0.29, 0.717) is 22.6 Å². The minimum atomic E-state index is -0.787. The van der Waals surface area contributed by atoms with Gasteiger partial charge in [0.1, 0.15) is 23.0 Å². The SMILES string of the molecule is CCCCCCCCCCCCc1ccc(C(=O)Oc2ccc(OC(=O)CC(C)C(=O)Oc3ccc(OC(=O)c4ccc(CCCCCCCCCCCC)cc4)cc3)cc2)cc1. The van der Waals surface area contributed by atoms with Crippen LogP contribution in [0.25, 0.3) is 0 Å². The van der Waals surface area contributed by atoms with Crippen molar-refractivity contribution >= 4 is 23.9 Å². The molecule has 0 heterocycles. The van der Waals surface area contributed by atoms with Crippen molar-refractivity contribution in [2.45, 2.75) is 168 Å². The Hall–Kier alpha value is -5.24. The summed E-state index contributed by atoms with van der Waals surface area (Å²) in [6.07, 6.45) is 27.8. The van der Waals surface area contributed by atoms with Gasteiger partial charge in [0.25, 0.3) is 0 Å². The van der Waals surface area contributed by atoms with Gasteiger partial charge < -0.3 is 18.9 Å². The molecule has 0 radical (unpaired) electrons. The van der Waals surface area contributed by atoms with E-state index < -0.39 is 29.8 Å². The number of benzene rings is 4. The van der Waals surface area contributed by atoms with Crippen LogP contribution < -0.4 is 18.9 Å². The lowest BCUT2D eigenvalue weighted by atomic mass is 10.0. The maximum Gasteiger partial charge on any atom is 0.343 e. The highest BCUT2D eigenvalue weighted by molar-refractivity contribution is 5.91. The standard InChI is InChI=1S/C55H72O8/c1-4-6-8-10-12-14-16-18-20-22-24-44-26-30-46(31-27-44)54(58)62-50-36-34-48(35-37-50)60-52(56)42-43(3)53(57)61-49-38-40-51(41-39-49)63-55(59)47-32-28-45(29-33-47)25-23-21-19-17-15-13-11-9-7-5-2/h26-41,43H,4-25,42H2,1-3H3. The molecule has 8 heteroatoms. The second-order valence-electron chi connectivity index (χ2n) is 17.0. The molecule has 0 fully saturated rings. The number of rotatable bonds is 31. The second-order valence-corrected chi connectivity index (χ2v) is 17.0. The van der Waals surface area contributed by atoms with Gasteiger partial charge in [-0.25, -0.2) is 9.59 Å². The Morgan fingerprint density at radius 1 is 0.381 bits per heavy atom. The van der Waals surface area contributed by atoms with Crippen molar-refractivity contribution < 1.29 is 38.1 Å². The second kappa shape index (κ2) is 30.0. The number of ether oxygens (including phenoxy) is 4. The Labute approximate surface area is 377 Å². The lowest BCUT2D eigenvalue weighted by molar-refractivity contribution is -0.144. The first-order chi connectivity index (χ1) is 30.7. The fraction of sp³-hybridized carbons (Fsp3) is 0.491. The summed E-state index contributed by atoms with van der Waals surface area (Å²) in [4.78, 5) is 51.0. The van der Waals surface area contributed by atoms with Crippen molar-refractivity contribution in [2.75, 3.05) is 0 Å². The van der Waals surface area contributed by atoms with Gasteiger partial charge in [-0.15, -0.1) is 0 Å². The normalized spacial score (nSPS) is 11.5. The summed E-state index contributed by atoms with van der Waals surface area (Å²) >= 11 is 0. The molecule has 8 nitrogen and oxygen atoms in total. The smallest absolute Gasteiger partial charge is 0.343 e. The number of carbonyl (C=O) groups is 4. The molecule has 4 aromatic carbocycles. The molecule has 0 saturated heterocycles. The molecule has 1 atom stereocenters. The number of carbonyl (C=O) groups excluding carboxylic acids is 4. The summed E-state index contributed by atoms with van der Waals surface area (Å²) in [5.74, 6) is -1.81. The monoisotopic (exact) mass is 861 g/mol. The molecule has 4 aromatic rings. The number of unbranched alkanes of at least 4 members (excludes halogenated alkanes) is 18. The first-order valence-electron chi connectivity index (χ1n) is 24.0.